The van der Waals surface area contributed by atoms with Crippen molar-refractivity contribution in [3.05, 3.63) is 59.2 Å². The summed E-state index contributed by atoms with van der Waals surface area (Å²) in [4.78, 5) is 15.7. The monoisotopic (exact) mass is 262 g/mol. The maximum absolute atomic E-state index is 11.8. The SMILES string of the molecule is O=C(Nc1ccccn1)C(O)c1ccc(Cl)cc1. The largest absolute Gasteiger partial charge is 0.378 e. The van der Waals surface area contributed by atoms with E-state index in [1.165, 1.54) is 0 Å². The van der Waals surface area contributed by atoms with Crippen molar-refractivity contribution >= 4 is 23.3 Å². The molecule has 92 valence electrons. The van der Waals surface area contributed by atoms with Gasteiger partial charge < -0.3 is 10.4 Å². The molecular weight excluding hydrogens is 252 g/mol. The third-order valence-electron chi connectivity index (χ3n) is 2.35. The molecule has 5 heteroatoms. The Morgan fingerprint density at radius 2 is 1.94 bits per heavy atom. The molecule has 1 heterocycles. The van der Waals surface area contributed by atoms with Crippen LogP contribution in [0, 0.1) is 0 Å². The lowest BCUT2D eigenvalue weighted by Gasteiger charge is -2.11. The second-order valence-corrected chi connectivity index (χ2v) is 4.09. The van der Waals surface area contributed by atoms with Gasteiger partial charge in [-0.3, -0.25) is 4.79 Å². The smallest absolute Gasteiger partial charge is 0.258 e. The molecule has 0 aliphatic carbocycles. The Morgan fingerprint density at radius 1 is 1.22 bits per heavy atom. The number of hydrogen-bond donors (Lipinski definition) is 2. The number of anilines is 1. The van der Waals surface area contributed by atoms with Gasteiger partial charge in [0.15, 0.2) is 6.10 Å². The fraction of sp³-hybridized carbons (Fsp3) is 0.0769. The summed E-state index contributed by atoms with van der Waals surface area (Å²) in [5.74, 6) is -0.133. The number of halogens is 1. The normalized spacial score (nSPS) is 11.9. The van der Waals surface area contributed by atoms with Gasteiger partial charge in [0, 0.05) is 11.2 Å². The highest BCUT2D eigenvalue weighted by Gasteiger charge is 2.17. The summed E-state index contributed by atoms with van der Waals surface area (Å²) >= 11 is 5.73. The summed E-state index contributed by atoms with van der Waals surface area (Å²) in [5.41, 5.74) is 0.479. The molecule has 0 fully saturated rings. The lowest BCUT2D eigenvalue weighted by atomic mass is 10.1. The Hall–Kier alpha value is -1.91. The molecule has 1 aromatic carbocycles. The number of pyridine rings is 1. The van der Waals surface area contributed by atoms with E-state index >= 15 is 0 Å². The van der Waals surface area contributed by atoms with Crippen LogP contribution in [0.5, 0.6) is 0 Å². The van der Waals surface area contributed by atoms with Gasteiger partial charge in [-0.05, 0) is 29.8 Å². The maximum atomic E-state index is 11.8. The molecule has 2 N–H and O–H groups in total. The van der Waals surface area contributed by atoms with Crippen molar-refractivity contribution in [3.8, 4) is 0 Å². The first kappa shape index (κ1) is 12.5. The molecule has 0 spiro atoms. The number of aromatic nitrogens is 1. The van der Waals surface area contributed by atoms with Crippen molar-refractivity contribution in [2.75, 3.05) is 5.32 Å². The molecule has 0 bridgehead atoms. The standard InChI is InChI=1S/C13H11ClN2O2/c14-10-6-4-9(5-7-10)12(17)13(18)16-11-3-1-2-8-15-11/h1-8,12,17H,(H,15,16,18). The fourth-order valence-electron chi connectivity index (χ4n) is 1.43. The van der Waals surface area contributed by atoms with E-state index in [1.807, 2.05) is 0 Å². The molecule has 1 aromatic heterocycles. The van der Waals surface area contributed by atoms with Crippen LogP contribution in [0.1, 0.15) is 11.7 Å². The first-order chi connectivity index (χ1) is 8.66. The van der Waals surface area contributed by atoms with Gasteiger partial charge in [-0.15, -0.1) is 0 Å². The number of rotatable bonds is 3. The first-order valence-corrected chi connectivity index (χ1v) is 5.70. The molecule has 0 saturated carbocycles. The van der Waals surface area contributed by atoms with Gasteiger partial charge in [-0.2, -0.15) is 0 Å². The van der Waals surface area contributed by atoms with E-state index in [0.717, 1.165) is 0 Å². The maximum Gasteiger partial charge on any atom is 0.258 e. The Morgan fingerprint density at radius 3 is 2.56 bits per heavy atom. The van der Waals surface area contributed by atoms with Crippen LogP contribution in [-0.2, 0) is 4.79 Å². The summed E-state index contributed by atoms with van der Waals surface area (Å²) in [5, 5.41) is 12.9. The van der Waals surface area contributed by atoms with Crippen molar-refractivity contribution in [1.29, 1.82) is 0 Å². The van der Waals surface area contributed by atoms with Crippen LogP contribution in [0.3, 0.4) is 0 Å². The van der Waals surface area contributed by atoms with Gasteiger partial charge in [0.05, 0.1) is 0 Å². The highest BCUT2D eigenvalue weighted by Crippen LogP contribution is 2.17. The Labute approximate surface area is 109 Å². The lowest BCUT2D eigenvalue weighted by Crippen LogP contribution is -2.21. The molecule has 0 aliphatic heterocycles. The molecule has 0 radical (unpaired) electrons. The van der Waals surface area contributed by atoms with E-state index in [-0.39, 0.29) is 0 Å². The van der Waals surface area contributed by atoms with Crippen molar-refractivity contribution in [2.45, 2.75) is 6.10 Å². The number of benzene rings is 1. The molecule has 0 aliphatic rings. The lowest BCUT2D eigenvalue weighted by molar-refractivity contribution is -0.124. The molecule has 2 rings (SSSR count). The van der Waals surface area contributed by atoms with Crippen LogP contribution < -0.4 is 5.32 Å². The Bertz CT molecular complexity index is 528. The molecule has 4 nitrogen and oxygen atoms in total. The molecule has 1 amide bonds. The van der Waals surface area contributed by atoms with Crippen LogP contribution in [0.15, 0.2) is 48.7 Å². The minimum atomic E-state index is -1.25. The number of hydrogen-bond acceptors (Lipinski definition) is 3. The van der Waals surface area contributed by atoms with Crippen molar-refractivity contribution < 1.29 is 9.90 Å². The number of nitrogens with zero attached hydrogens (tertiary/aromatic N) is 1. The summed E-state index contributed by atoms with van der Waals surface area (Å²) < 4.78 is 0. The van der Waals surface area contributed by atoms with E-state index in [2.05, 4.69) is 10.3 Å². The van der Waals surface area contributed by atoms with E-state index in [0.29, 0.717) is 16.4 Å². The third kappa shape index (κ3) is 3.06. The summed E-state index contributed by atoms with van der Waals surface area (Å²) in [6.45, 7) is 0. The second-order valence-electron chi connectivity index (χ2n) is 3.66. The zero-order valence-corrected chi connectivity index (χ0v) is 10.1. The topological polar surface area (TPSA) is 62.2 Å². The van der Waals surface area contributed by atoms with Gasteiger partial charge >= 0.3 is 0 Å². The second kappa shape index (κ2) is 5.62. The fourth-order valence-corrected chi connectivity index (χ4v) is 1.55. The number of aliphatic hydroxyl groups excluding tert-OH is 1. The summed E-state index contributed by atoms with van der Waals surface area (Å²) in [7, 11) is 0. The Kier molecular flexibility index (Phi) is 3.92. The zero-order valence-electron chi connectivity index (χ0n) is 9.38. The van der Waals surface area contributed by atoms with Crippen LogP contribution in [0.25, 0.3) is 0 Å². The molecule has 18 heavy (non-hydrogen) atoms. The minimum Gasteiger partial charge on any atom is -0.378 e. The number of aliphatic hydroxyl groups is 1. The number of nitrogens with one attached hydrogen (secondary N) is 1. The molecule has 1 atom stereocenters. The van der Waals surface area contributed by atoms with E-state index in [1.54, 1.807) is 48.7 Å². The molecule has 0 saturated heterocycles. The van der Waals surface area contributed by atoms with Crippen molar-refractivity contribution in [1.82, 2.24) is 4.98 Å². The molecular formula is C13H11ClN2O2. The van der Waals surface area contributed by atoms with E-state index in [9.17, 15) is 9.90 Å². The van der Waals surface area contributed by atoms with E-state index in [4.69, 9.17) is 11.6 Å². The van der Waals surface area contributed by atoms with Gasteiger partial charge in [-0.1, -0.05) is 29.8 Å². The van der Waals surface area contributed by atoms with Gasteiger partial charge in [0.1, 0.15) is 5.82 Å². The van der Waals surface area contributed by atoms with Crippen LogP contribution in [0.2, 0.25) is 5.02 Å². The van der Waals surface area contributed by atoms with E-state index < -0.39 is 12.0 Å². The number of carbonyl (C=O) groups is 1. The minimum absolute atomic E-state index is 0.399. The quantitative estimate of drug-likeness (QED) is 0.893. The first-order valence-electron chi connectivity index (χ1n) is 5.32. The Balaban J connectivity index is 2.07. The van der Waals surface area contributed by atoms with Crippen molar-refractivity contribution in [3.63, 3.8) is 0 Å². The molecule has 2 aromatic rings. The van der Waals surface area contributed by atoms with Gasteiger partial charge in [0.25, 0.3) is 5.91 Å². The highest BCUT2D eigenvalue weighted by molar-refractivity contribution is 6.30. The van der Waals surface area contributed by atoms with Crippen LogP contribution >= 0.6 is 11.6 Å². The summed E-state index contributed by atoms with van der Waals surface area (Å²) in [6, 6.07) is 11.6. The van der Waals surface area contributed by atoms with Gasteiger partial charge in [0.2, 0.25) is 0 Å². The number of amides is 1. The average Bonchev–Trinajstić information content (AvgIpc) is 2.40. The van der Waals surface area contributed by atoms with Crippen molar-refractivity contribution in [2.24, 2.45) is 0 Å². The molecule has 1 unspecified atom stereocenters. The predicted molar refractivity (Wildman–Crippen MR) is 69.3 cm³/mol. The highest BCUT2D eigenvalue weighted by atomic mass is 35.5. The zero-order chi connectivity index (χ0) is 13.0. The number of carbonyl (C=O) groups excluding carboxylic acids is 1. The predicted octanol–water partition coefficient (Wildman–Crippen LogP) is 2.41. The van der Waals surface area contributed by atoms with Crippen LogP contribution in [-0.4, -0.2) is 16.0 Å². The van der Waals surface area contributed by atoms with Crippen LogP contribution in [0.4, 0.5) is 5.82 Å². The summed E-state index contributed by atoms with van der Waals surface area (Å²) in [6.07, 6.45) is 0.314. The third-order valence-corrected chi connectivity index (χ3v) is 2.60. The average molecular weight is 263 g/mol. The van der Waals surface area contributed by atoms with Gasteiger partial charge in [-0.25, -0.2) is 4.98 Å².